The van der Waals surface area contributed by atoms with Crippen molar-refractivity contribution in [3.63, 3.8) is 0 Å². The molecule has 0 unspecified atom stereocenters. The molecule has 0 aliphatic carbocycles. The van der Waals surface area contributed by atoms with Gasteiger partial charge in [0.25, 0.3) is 11.8 Å². The number of halogens is 2. The number of carbonyl (C=O) groups is 1. The first-order chi connectivity index (χ1) is 12.1. The summed E-state index contributed by atoms with van der Waals surface area (Å²) in [7, 11) is 0. The number of nitrogens with zero attached hydrogens (tertiary/aromatic N) is 5. The zero-order valence-corrected chi connectivity index (χ0v) is 12.8. The minimum atomic E-state index is -2.85. The Bertz CT molecular complexity index is 929. The molecule has 0 saturated carbocycles. The quantitative estimate of drug-likeness (QED) is 0.724. The highest BCUT2D eigenvalue weighted by atomic mass is 19.3. The molecular weight excluding hydrogens is 332 g/mol. The smallest absolute Gasteiger partial charge is 0.314 e. The zero-order chi connectivity index (χ0) is 17.4. The topological polar surface area (TPSA) is 85.0 Å². The van der Waals surface area contributed by atoms with Gasteiger partial charge >= 0.3 is 6.43 Å². The van der Waals surface area contributed by atoms with Crippen LogP contribution in [0.25, 0.3) is 11.5 Å². The number of hydrogen-bond donors (Lipinski definition) is 0. The third kappa shape index (κ3) is 2.84. The molecule has 0 N–H and O–H groups in total. The summed E-state index contributed by atoms with van der Waals surface area (Å²) in [4.78, 5) is 22.4. The molecule has 9 heteroatoms. The van der Waals surface area contributed by atoms with Gasteiger partial charge in [0, 0.05) is 25.1 Å². The average Bonchev–Trinajstić information content (AvgIpc) is 3.22. The standard InChI is InChI=1S/C16H11F2N5O2/c17-13(18)15-22-21-14(25-15)10-5-11-12(20-6-10)8-23(16(11)24)7-9-1-3-19-4-2-9/h1-6,13H,7-8H2. The second kappa shape index (κ2) is 6.00. The molecule has 126 valence electrons. The Labute approximate surface area is 140 Å². The third-order valence-corrected chi connectivity index (χ3v) is 3.83. The first-order valence-electron chi connectivity index (χ1n) is 7.41. The molecule has 0 atom stereocenters. The highest BCUT2D eigenvalue weighted by Crippen LogP contribution is 2.28. The highest BCUT2D eigenvalue weighted by Gasteiger charge is 2.29. The van der Waals surface area contributed by atoms with Gasteiger partial charge in [-0.05, 0) is 23.8 Å². The van der Waals surface area contributed by atoms with Crippen LogP contribution in [0.15, 0.2) is 41.2 Å². The molecule has 0 aromatic carbocycles. The van der Waals surface area contributed by atoms with Crippen molar-refractivity contribution in [2.75, 3.05) is 0 Å². The molecule has 3 aromatic rings. The summed E-state index contributed by atoms with van der Waals surface area (Å²) in [6, 6.07) is 5.21. The minimum absolute atomic E-state index is 0.0917. The lowest BCUT2D eigenvalue weighted by molar-refractivity contribution is 0.0766. The lowest BCUT2D eigenvalue weighted by Gasteiger charge is -2.14. The molecule has 25 heavy (non-hydrogen) atoms. The van der Waals surface area contributed by atoms with Gasteiger partial charge in [-0.25, -0.2) is 0 Å². The van der Waals surface area contributed by atoms with Crippen molar-refractivity contribution in [1.29, 1.82) is 0 Å². The van der Waals surface area contributed by atoms with Crippen molar-refractivity contribution in [2.24, 2.45) is 0 Å². The van der Waals surface area contributed by atoms with E-state index in [9.17, 15) is 13.6 Å². The number of aromatic nitrogens is 4. The van der Waals surface area contributed by atoms with Gasteiger partial charge in [0.1, 0.15) is 0 Å². The predicted molar refractivity (Wildman–Crippen MR) is 80.3 cm³/mol. The SMILES string of the molecule is O=C1c2cc(-c3nnc(C(F)F)o3)cnc2CN1Cc1ccncc1. The number of carbonyl (C=O) groups excluding carboxylic acids is 1. The van der Waals surface area contributed by atoms with Crippen LogP contribution in [-0.2, 0) is 13.1 Å². The molecule has 1 aliphatic rings. The van der Waals surface area contributed by atoms with Crippen molar-refractivity contribution in [1.82, 2.24) is 25.1 Å². The Morgan fingerprint density at radius 2 is 2.04 bits per heavy atom. The van der Waals surface area contributed by atoms with E-state index in [0.717, 1.165) is 5.56 Å². The lowest BCUT2D eigenvalue weighted by Crippen LogP contribution is -2.23. The first-order valence-corrected chi connectivity index (χ1v) is 7.41. The van der Waals surface area contributed by atoms with E-state index in [-0.39, 0.29) is 11.8 Å². The van der Waals surface area contributed by atoms with Crippen LogP contribution in [0.1, 0.15) is 33.9 Å². The van der Waals surface area contributed by atoms with Gasteiger partial charge in [0.2, 0.25) is 5.89 Å². The lowest BCUT2D eigenvalue weighted by atomic mass is 10.1. The van der Waals surface area contributed by atoms with Crippen molar-refractivity contribution < 1.29 is 18.0 Å². The summed E-state index contributed by atoms with van der Waals surface area (Å²) in [5, 5.41) is 6.86. The number of alkyl halides is 2. The largest absolute Gasteiger partial charge is 0.415 e. The molecule has 0 radical (unpaired) electrons. The molecule has 0 spiro atoms. The van der Waals surface area contributed by atoms with E-state index in [1.165, 1.54) is 6.20 Å². The number of hydrogen-bond acceptors (Lipinski definition) is 6. The van der Waals surface area contributed by atoms with Crippen LogP contribution in [0, 0.1) is 0 Å². The summed E-state index contributed by atoms with van der Waals surface area (Å²) < 4.78 is 30.0. The average molecular weight is 343 g/mol. The molecule has 0 fully saturated rings. The summed E-state index contributed by atoms with van der Waals surface area (Å²) in [6.07, 6.45) is 1.91. The molecule has 3 aromatic heterocycles. The summed E-state index contributed by atoms with van der Waals surface area (Å²) in [6.45, 7) is 0.812. The molecule has 1 aliphatic heterocycles. The van der Waals surface area contributed by atoms with Crippen LogP contribution >= 0.6 is 0 Å². The van der Waals surface area contributed by atoms with Gasteiger partial charge < -0.3 is 9.32 Å². The van der Waals surface area contributed by atoms with Gasteiger partial charge in [-0.3, -0.25) is 14.8 Å². The summed E-state index contributed by atoms with van der Waals surface area (Å²) in [5.41, 5.74) is 2.31. The second-order valence-corrected chi connectivity index (χ2v) is 5.48. The van der Waals surface area contributed by atoms with Crippen molar-refractivity contribution >= 4 is 5.91 Å². The van der Waals surface area contributed by atoms with Crippen LogP contribution in [0.4, 0.5) is 8.78 Å². The van der Waals surface area contributed by atoms with Crippen molar-refractivity contribution in [3.8, 4) is 11.5 Å². The van der Waals surface area contributed by atoms with Gasteiger partial charge in [-0.15, -0.1) is 10.2 Å². The maximum Gasteiger partial charge on any atom is 0.314 e. The second-order valence-electron chi connectivity index (χ2n) is 5.48. The predicted octanol–water partition coefficient (Wildman–Crippen LogP) is 2.62. The van der Waals surface area contributed by atoms with Gasteiger partial charge in [0.15, 0.2) is 0 Å². The van der Waals surface area contributed by atoms with Crippen LogP contribution in [-0.4, -0.2) is 31.0 Å². The zero-order valence-electron chi connectivity index (χ0n) is 12.8. The van der Waals surface area contributed by atoms with Crippen molar-refractivity contribution in [2.45, 2.75) is 19.5 Å². The van der Waals surface area contributed by atoms with Crippen LogP contribution < -0.4 is 0 Å². The highest BCUT2D eigenvalue weighted by molar-refractivity contribution is 5.98. The Kier molecular flexibility index (Phi) is 3.68. The van der Waals surface area contributed by atoms with E-state index in [1.807, 2.05) is 12.1 Å². The Hall–Kier alpha value is -3.23. The summed E-state index contributed by atoms with van der Waals surface area (Å²) in [5.74, 6) is -1.04. The number of rotatable bonds is 4. The maximum atomic E-state index is 12.6. The van der Waals surface area contributed by atoms with Gasteiger partial charge in [0.05, 0.1) is 23.4 Å². The molecule has 4 heterocycles. The first kappa shape index (κ1) is 15.3. The molecule has 0 saturated heterocycles. The van der Waals surface area contributed by atoms with E-state index >= 15 is 0 Å². The van der Waals surface area contributed by atoms with Crippen LogP contribution in [0.3, 0.4) is 0 Å². The normalized spacial score (nSPS) is 13.6. The minimum Gasteiger partial charge on any atom is -0.415 e. The van der Waals surface area contributed by atoms with Crippen LogP contribution in [0.5, 0.6) is 0 Å². The maximum absolute atomic E-state index is 12.6. The fourth-order valence-corrected chi connectivity index (χ4v) is 2.62. The van der Waals surface area contributed by atoms with Gasteiger partial charge in [-0.2, -0.15) is 8.78 Å². The molecular formula is C16H11F2N5O2. The summed E-state index contributed by atoms with van der Waals surface area (Å²) >= 11 is 0. The Morgan fingerprint density at radius 1 is 1.24 bits per heavy atom. The Morgan fingerprint density at radius 3 is 2.76 bits per heavy atom. The van der Waals surface area contributed by atoms with E-state index in [1.54, 1.807) is 23.4 Å². The molecule has 0 bridgehead atoms. The Balaban J connectivity index is 1.59. The van der Waals surface area contributed by atoms with E-state index in [2.05, 4.69) is 20.2 Å². The van der Waals surface area contributed by atoms with E-state index < -0.39 is 12.3 Å². The number of pyridine rings is 2. The monoisotopic (exact) mass is 343 g/mol. The number of fused-ring (bicyclic) bond motifs is 1. The van der Waals surface area contributed by atoms with Crippen molar-refractivity contribution in [3.05, 3.63) is 59.5 Å². The molecule has 1 amide bonds. The van der Waals surface area contributed by atoms with Gasteiger partial charge in [-0.1, -0.05) is 0 Å². The van der Waals surface area contributed by atoms with Crippen LogP contribution in [0.2, 0.25) is 0 Å². The fraction of sp³-hybridized carbons (Fsp3) is 0.188. The fourth-order valence-electron chi connectivity index (χ4n) is 2.62. The van der Waals surface area contributed by atoms with E-state index in [4.69, 9.17) is 4.42 Å². The molecule has 7 nitrogen and oxygen atoms in total. The van der Waals surface area contributed by atoms with E-state index in [0.29, 0.717) is 29.9 Å². The number of amides is 1. The third-order valence-electron chi connectivity index (χ3n) is 3.83. The molecule has 4 rings (SSSR count).